The highest BCUT2D eigenvalue weighted by atomic mass is 35.5. The number of fused-ring (bicyclic) bond motifs is 1. The molecule has 144 valence electrons. The molecule has 0 fully saturated rings. The Morgan fingerprint density at radius 1 is 1.15 bits per heavy atom. The molecular weight excluding hydrogens is 374 g/mol. The quantitative estimate of drug-likeness (QED) is 0.590. The predicted octanol–water partition coefficient (Wildman–Crippen LogP) is 2.68. The zero-order valence-corrected chi connectivity index (χ0v) is 15.1. The van der Waals surface area contributed by atoms with E-state index in [0.29, 0.717) is 5.02 Å². The largest absolute Gasteiger partial charge is 0.506 e. The third kappa shape index (κ3) is 6.47. The third-order valence-corrected chi connectivity index (χ3v) is 4.19. The fourth-order valence-electron chi connectivity index (χ4n) is 2.56. The zero-order valence-electron chi connectivity index (χ0n) is 14.4. The number of phenols is 1. The van der Waals surface area contributed by atoms with Crippen molar-refractivity contribution in [3.05, 3.63) is 58.6 Å². The standard InChI is InChI=1S/C17H18ClNO2.C2H2O4/c18-15-8-13-6-7-14(21-17(13)9-16(15)20)11-19-10-12-4-2-1-3-5-12;3-1(4)2(5)6/h1-5,8-9,14,19-20H,6-7,10-11H2;(H,3,4)(H,5,6)/t14-;/m1./s1. The second-order valence-corrected chi connectivity index (χ2v) is 6.32. The molecule has 0 aromatic heterocycles. The van der Waals surface area contributed by atoms with E-state index < -0.39 is 11.9 Å². The highest BCUT2D eigenvalue weighted by molar-refractivity contribution is 6.32. The number of carbonyl (C=O) groups is 2. The topological polar surface area (TPSA) is 116 Å². The SMILES string of the molecule is O=C(O)C(=O)O.Oc1cc2c(cc1Cl)CC[C@H](CNCc1ccccc1)O2. The second-order valence-electron chi connectivity index (χ2n) is 5.92. The summed E-state index contributed by atoms with van der Waals surface area (Å²) in [4.78, 5) is 18.2. The number of carboxylic acids is 2. The normalized spacial score (nSPS) is 14.9. The maximum absolute atomic E-state index is 9.66. The van der Waals surface area contributed by atoms with E-state index in [2.05, 4.69) is 17.4 Å². The number of aromatic hydroxyl groups is 1. The van der Waals surface area contributed by atoms with Gasteiger partial charge in [-0.25, -0.2) is 9.59 Å². The first kappa shape index (κ1) is 20.5. The molecule has 0 aliphatic carbocycles. The van der Waals surface area contributed by atoms with Crippen molar-refractivity contribution in [1.82, 2.24) is 5.32 Å². The summed E-state index contributed by atoms with van der Waals surface area (Å²) in [6, 6.07) is 13.7. The highest BCUT2D eigenvalue weighted by Gasteiger charge is 2.21. The summed E-state index contributed by atoms with van der Waals surface area (Å²) in [5, 5.41) is 28.2. The van der Waals surface area contributed by atoms with Crippen LogP contribution in [0.15, 0.2) is 42.5 Å². The molecular formula is C19H20ClNO6. The van der Waals surface area contributed by atoms with Gasteiger partial charge in [0.25, 0.3) is 0 Å². The Balaban J connectivity index is 0.000000380. The Hall–Kier alpha value is -2.77. The number of ether oxygens (including phenoxy) is 1. The summed E-state index contributed by atoms with van der Waals surface area (Å²) in [5.41, 5.74) is 2.33. The predicted molar refractivity (Wildman–Crippen MR) is 99.3 cm³/mol. The van der Waals surface area contributed by atoms with Gasteiger partial charge in [-0.05, 0) is 30.0 Å². The Bertz CT molecular complexity index is 784. The van der Waals surface area contributed by atoms with Gasteiger partial charge in [0.05, 0.1) is 5.02 Å². The van der Waals surface area contributed by atoms with Crippen molar-refractivity contribution < 1.29 is 29.6 Å². The lowest BCUT2D eigenvalue weighted by Gasteiger charge is -2.26. The molecule has 0 bridgehead atoms. The summed E-state index contributed by atoms with van der Waals surface area (Å²) in [6.45, 7) is 1.62. The second kappa shape index (κ2) is 9.80. The molecule has 7 nitrogen and oxygen atoms in total. The Morgan fingerprint density at radius 2 is 1.81 bits per heavy atom. The molecule has 1 atom stereocenters. The molecule has 8 heteroatoms. The summed E-state index contributed by atoms with van der Waals surface area (Å²) in [5.74, 6) is -2.83. The number of halogens is 1. The van der Waals surface area contributed by atoms with E-state index in [-0.39, 0.29) is 11.9 Å². The lowest BCUT2D eigenvalue weighted by Crippen LogP contribution is -2.33. The minimum Gasteiger partial charge on any atom is -0.506 e. The van der Waals surface area contributed by atoms with Crippen LogP contribution in [0.1, 0.15) is 17.5 Å². The maximum atomic E-state index is 9.66. The van der Waals surface area contributed by atoms with Gasteiger partial charge in [-0.1, -0.05) is 41.9 Å². The molecule has 27 heavy (non-hydrogen) atoms. The number of aliphatic carboxylic acids is 2. The molecule has 0 amide bonds. The molecule has 0 radical (unpaired) electrons. The van der Waals surface area contributed by atoms with Crippen molar-refractivity contribution in [3.63, 3.8) is 0 Å². The number of hydrogen-bond acceptors (Lipinski definition) is 5. The monoisotopic (exact) mass is 393 g/mol. The van der Waals surface area contributed by atoms with E-state index in [1.807, 2.05) is 18.2 Å². The lowest BCUT2D eigenvalue weighted by atomic mass is 10.0. The van der Waals surface area contributed by atoms with Gasteiger partial charge in [0, 0.05) is 19.2 Å². The van der Waals surface area contributed by atoms with Crippen LogP contribution in [0.5, 0.6) is 11.5 Å². The average Bonchev–Trinajstić information content (AvgIpc) is 2.64. The van der Waals surface area contributed by atoms with Crippen molar-refractivity contribution in [3.8, 4) is 11.5 Å². The molecule has 1 aliphatic rings. The van der Waals surface area contributed by atoms with Crippen LogP contribution in [0.2, 0.25) is 5.02 Å². The van der Waals surface area contributed by atoms with Crippen LogP contribution in [0.3, 0.4) is 0 Å². The van der Waals surface area contributed by atoms with Crippen molar-refractivity contribution in [2.75, 3.05) is 6.54 Å². The van der Waals surface area contributed by atoms with Crippen molar-refractivity contribution in [1.29, 1.82) is 0 Å². The number of rotatable bonds is 4. The number of hydrogen-bond donors (Lipinski definition) is 4. The fourth-order valence-corrected chi connectivity index (χ4v) is 2.75. The van der Waals surface area contributed by atoms with Crippen molar-refractivity contribution in [2.45, 2.75) is 25.5 Å². The number of phenolic OH excluding ortho intramolecular Hbond substituents is 1. The van der Waals surface area contributed by atoms with Gasteiger partial charge in [-0.2, -0.15) is 0 Å². The molecule has 0 spiro atoms. The van der Waals surface area contributed by atoms with Gasteiger partial charge in [-0.3, -0.25) is 0 Å². The van der Waals surface area contributed by atoms with E-state index in [1.54, 1.807) is 12.1 Å². The number of aryl methyl sites for hydroxylation is 1. The minimum absolute atomic E-state index is 0.0771. The Labute approximate surface area is 161 Å². The van der Waals surface area contributed by atoms with E-state index in [4.69, 9.17) is 36.1 Å². The van der Waals surface area contributed by atoms with Gasteiger partial charge in [0.15, 0.2) is 0 Å². The Morgan fingerprint density at radius 3 is 2.44 bits per heavy atom. The first-order valence-corrected chi connectivity index (χ1v) is 8.63. The third-order valence-electron chi connectivity index (χ3n) is 3.89. The summed E-state index contributed by atoms with van der Waals surface area (Å²) < 4.78 is 5.92. The van der Waals surface area contributed by atoms with Crippen LogP contribution < -0.4 is 10.1 Å². The number of benzene rings is 2. The van der Waals surface area contributed by atoms with Crippen molar-refractivity contribution in [2.24, 2.45) is 0 Å². The molecule has 1 heterocycles. The molecule has 4 N–H and O–H groups in total. The average molecular weight is 394 g/mol. The van der Waals surface area contributed by atoms with Gasteiger partial charge in [-0.15, -0.1) is 0 Å². The molecule has 2 aromatic rings. The number of carboxylic acid groups (broad SMARTS) is 2. The molecule has 3 rings (SSSR count). The van der Waals surface area contributed by atoms with Crippen LogP contribution in [0.4, 0.5) is 0 Å². The first-order chi connectivity index (χ1) is 12.9. The van der Waals surface area contributed by atoms with Crippen LogP contribution in [-0.2, 0) is 22.6 Å². The fraction of sp³-hybridized carbons (Fsp3) is 0.263. The number of nitrogens with one attached hydrogen (secondary N) is 1. The van der Waals surface area contributed by atoms with E-state index >= 15 is 0 Å². The van der Waals surface area contributed by atoms with Crippen LogP contribution in [0.25, 0.3) is 0 Å². The van der Waals surface area contributed by atoms with Crippen molar-refractivity contribution >= 4 is 23.5 Å². The van der Waals surface area contributed by atoms with Gasteiger partial charge in [0.2, 0.25) is 0 Å². The summed E-state index contributed by atoms with van der Waals surface area (Å²) in [7, 11) is 0. The highest BCUT2D eigenvalue weighted by Crippen LogP contribution is 2.35. The summed E-state index contributed by atoms with van der Waals surface area (Å²) in [6.07, 6.45) is 2.00. The zero-order chi connectivity index (χ0) is 19.8. The van der Waals surface area contributed by atoms with Crippen LogP contribution in [0, 0.1) is 0 Å². The van der Waals surface area contributed by atoms with E-state index in [1.165, 1.54) is 5.56 Å². The maximum Gasteiger partial charge on any atom is 0.414 e. The van der Waals surface area contributed by atoms with Crippen LogP contribution in [-0.4, -0.2) is 39.9 Å². The minimum atomic E-state index is -1.82. The molecule has 0 unspecified atom stereocenters. The molecule has 2 aromatic carbocycles. The molecule has 0 saturated heterocycles. The van der Waals surface area contributed by atoms with Gasteiger partial charge in [0.1, 0.15) is 17.6 Å². The lowest BCUT2D eigenvalue weighted by molar-refractivity contribution is -0.159. The molecule has 0 saturated carbocycles. The molecule has 1 aliphatic heterocycles. The summed E-state index contributed by atoms with van der Waals surface area (Å²) >= 11 is 5.92. The van der Waals surface area contributed by atoms with E-state index in [0.717, 1.165) is 37.2 Å². The first-order valence-electron chi connectivity index (χ1n) is 8.25. The smallest absolute Gasteiger partial charge is 0.414 e. The van der Waals surface area contributed by atoms with E-state index in [9.17, 15) is 5.11 Å². The Kier molecular flexibility index (Phi) is 7.45. The van der Waals surface area contributed by atoms with Crippen LogP contribution >= 0.6 is 11.6 Å². The van der Waals surface area contributed by atoms with Gasteiger partial charge >= 0.3 is 11.9 Å². The van der Waals surface area contributed by atoms with Gasteiger partial charge < -0.3 is 25.4 Å².